The Morgan fingerprint density at radius 2 is 1.78 bits per heavy atom. The molecule has 0 aromatic heterocycles. The molecule has 0 N–H and O–H groups in total. The first-order valence-electron chi connectivity index (χ1n) is 7.79. The van der Waals surface area contributed by atoms with E-state index in [1.165, 1.54) is 17.2 Å². The van der Waals surface area contributed by atoms with Crippen molar-refractivity contribution >= 4 is 6.08 Å². The van der Waals surface area contributed by atoms with Crippen molar-refractivity contribution in [3.05, 3.63) is 89.0 Å². The van der Waals surface area contributed by atoms with Gasteiger partial charge in [0.1, 0.15) is 0 Å². The molecular formula is C20H19F2N. The summed E-state index contributed by atoms with van der Waals surface area (Å²) in [7, 11) is 0. The fourth-order valence-electron chi connectivity index (χ4n) is 2.68. The number of rotatable bonds is 4. The second-order valence-corrected chi connectivity index (χ2v) is 5.76. The first-order chi connectivity index (χ1) is 11.2. The Morgan fingerprint density at radius 3 is 2.48 bits per heavy atom. The maximum Gasteiger partial charge on any atom is 0.159 e. The van der Waals surface area contributed by atoms with Crippen LogP contribution in [0.2, 0.25) is 0 Å². The van der Waals surface area contributed by atoms with Gasteiger partial charge in [0, 0.05) is 19.6 Å². The molecule has 0 bridgehead atoms. The summed E-state index contributed by atoms with van der Waals surface area (Å²) in [6, 6.07) is 14.4. The lowest BCUT2D eigenvalue weighted by atomic mass is 10.1. The van der Waals surface area contributed by atoms with Gasteiger partial charge < -0.3 is 0 Å². The fraction of sp³-hybridized carbons (Fsp3) is 0.200. The van der Waals surface area contributed by atoms with E-state index in [1.54, 1.807) is 6.07 Å². The number of nitrogens with zero attached hydrogens (tertiary/aromatic N) is 1. The van der Waals surface area contributed by atoms with Gasteiger partial charge in [-0.1, -0.05) is 54.6 Å². The molecule has 0 aliphatic carbocycles. The summed E-state index contributed by atoms with van der Waals surface area (Å²) < 4.78 is 26.1. The van der Waals surface area contributed by atoms with E-state index in [2.05, 4.69) is 35.2 Å². The lowest BCUT2D eigenvalue weighted by Crippen LogP contribution is -2.27. The molecular weight excluding hydrogens is 292 g/mol. The number of hydrogen-bond donors (Lipinski definition) is 0. The van der Waals surface area contributed by atoms with Crippen molar-refractivity contribution < 1.29 is 8.78 Å². The van der Waals surface area contributed by atoms with Gasteiger partial charge in [0.15, 0.2) is 11.6 Å². The molecule has 118 valence electrons. The molecule has 1 nitrogen and oxygen atoms in total. The van der Waals surface area contributed by atoms with E-state index in [9.17, 15) is 8.78 Å². The van der Waals surface area contributed by atoms with Crippen LogP contribution in [0.4, 0.5) is 8.78 Å². The van der Waals surface area contributed by atoms with Crippen molar-refractivity contribution in [2.45, 2.75) is 13.0 Å². The highest BCUT2D eigenvalue weighted by molar-refractivity contribution is 5.53. The highest BCUT2D eigenvalue weighted by Gasteiger charge is 2.10. The van der Waals surface area contributed by atoms with Gasteiger partial charge in [0.05, 0.1) is 0 Å². The molecule has 1 heterocycles. The molecule has 0 fully saturated rings. The van der Waals surface area contributed by atoms with Gasteiger partial charge in [0.2, 0.25) is 0 Å². The minimum atomic E-state index is -0.810. The van der Waals surface area contributed by atoms with Gasteiger partial charge in [-0.3, -0.25) is 4.90 Å². The lowest BCUT2D eigenvalue weighted by Gasteiger charge is -2.25. The minimum absolute atomic E-state index is 0.677. The van der Waals surface area contributed by atoms with E-state index < -0.39 is 11.6 Å². The Hall–Kier alpha value is -2.26. The van der Waals surface area contributed by atoms with E-state index >= 15 is 0 Å². The summed E-state index contributed by atoms with van der Waals surface area (Å²) in [5, 5.41) is 0. The predicted octanol–water partition coefficient (Wildman–Crippen LogP) is 4.81. The molecule has 1 aliphatic rings. The van der Waals surface area contributed by atoms with Gasteiger partial charge >= 0.3 is 0 Å². The van der Waals surface area contributed by atoms with E-state index in [4.69, 9.17) is 0 Å². The van der Waals surface area contributed by atoms with Crippen LogP contribution in [0.5, 0.6) is 0 Å². The maximum atomic E-state index is 13.2. The van der Waals surface area contributed by atoms with Crippen molar-refractivity contribution in [1.29, 1.82) is 0 Å². The molecule has 2 aromatic rings. The van der Waals surface area contributed by atoms with Gasteiger partial charge in [0.25, 0.3) is 0 Å². The monoisotopic (exact) mass is 311 g/mol. The molecule has 0 spiro atoms. The molecule has 2 aromatic carbocycles. The number of halogens is 2. The van der Waals surface area contributed by atoms with Gasteiger partial charge in [-0.05, 0) is 35.3 Å². The Morgan fingerprint density at radius 1 is 0.957 bits per heavy atom. The van der Waals surface area contributed by atoms with Crippen LogP contribution in [0, 0.1) is 11.6 Å². The number of benzene rings is 2. The highest BCUT2D eigenvalue weighted by atomic mass is 19.2. The molecule has 0 amide bonds. The molecule has 0 unspecified atom stereocenters. The SMILES string of the molecule is Fc1ccc(C=CC2=CCN(Cc3ccccc3)CC2)cc1F. The Balaban J connectivity index is 1.58. The Bertz CT molecular complexity index is 720. The summed E-state index contributed by atoms with van der Waals surface area (Å²) >= 11 is 0. The van der Waals surface area contributed by atoms with E-state index in [-0.39, 0.29) is 0 Å². The minimum Gasteiger partial charge on any atom is -0.295 e. The van der Waals surface area contributed by atoms with Gasteiger partial charge in [-0.15, -0.1) is 0 Å². The normalized spacial score (nSPS) is 15.8. The second kappa shape index (κ2) is 7.34. The quantitative estimate of drug-likeness (QED) is 0.783. The molecule has 1 aliphatic heterocycles. The molecule has 0 radical (unpaired) electrons. The van der Waals surface area contributed by atoms with Gasteiger partial charge in [-0.2, -0.15) is 0 Å². The molecule has 0 saturated carbocycles. The smallest absolute Gasteiger partial charge is 0.159 e. The third-order valence-corrected chi connectivity index (χ3v) is 4.01. The van der Waals surface area contributed by atoms with Crippen LogP contribution in [0.15, 0.2) is 66.3 Å². The maximum absolute atomic E-state index is 13.2. The zero-order valence-electron chi connectivity index (χ0n) is 12.9. The van der Waals surface area contributed by atoms with Crippen LogP contribution in [-0.4, -0.2) is 18.0 Å². The van der Waals surface area contributed by atoms with E-state index in [0.29, 0.717) is 5.56 Å². The summed E-state index contributed by atoms with van der Waals surface area (Å²) in [6.45, 7) is 2.87. The predicted molar refractivity (Wildman–Crippen MR) is 89.8 cm³/mol. The summed E-state index contributed by atoms with van der Waals surface area (Å²) in [6.07, 6.45) is 6.99. The van der Waals surface area contributed by atoms with Crippen LogP contribution in [0.25, 0.3) is 6.08 Å². The first kappa shape index (κ1) is 15.6. The third-order valence-electron chi connectivity index (χ3n) is 4.01. The zero-order valence-corrected chi connectivity index (χ0v) is 12.9. The molecule has 3 rings (SSSR count). The second-order valence-electron chi connectivity index (χ2n) is 5.76. The van der Waals surface area contributed by atoms with Crippen molar-refractivity contribution in [1.82, 2.24) is 4.90 Å². The average molecular weight is 311 g/mol. The van der Waals surface area contributed by atoms with Crippen LogP contribution in [0.3, 0.4) is 0 Å². The standard InChI is InChI=1S/C20H19F2N/c21-19-9-8-17(14-20(19)22)7-6-16-10-12-23(13-11-16)15-18-4-2-1-3-5-18/h1-10,14H,11-13,15H2. The van der Waals surface area contributed by atoms with E-state index in [0.717, 1.165) is 32.1 Å². The summed E-state index contributed by atoms with van der Waals surface area (Å²) in [5.74, 6) is -1.62. The van der Waals surface area contributed by atoms with Gasteiger partial charge in [-0.25, -0.2) is 8.78 Å². The van der Waals surface area contributed by atoms with E-state index in [1.807, 2.05) is 18.2 Å². The van der Waals surface area contributed by atoms with Crippen LogP contribution >= 0.6 is 0 Å². The molecule has 23 heavy (non-hydrogen) atoms. The summed E-state index contributed by atoms with van der Waals surface area (Å²) in [5.41, 5.74) is 3.23. The third kappa shape index (κ3) is 4.36. The lowest BCUT2D eigenvalue weighted by molar-refractivity contribution is 0.287. The molecule has 0 atom stereocenters. The highest BCUT2D eigenvalue weighted by Crippen LogP contribution is 2.17. The number of allylic oxidation sites excluding steroid dienone is 1. The zero-order chi connectivity index (χ0) is 16.1. The van der Waals surface area contributed by atoms with Crippen molar-refractivity contribution in [3.8, 4) is 0 Å². The molecule has 0 saturated heterocycles. The van der Waals surface area contributed by atoms with Crippen molar-refractivity contribution in [3.63, 3.8) is 0 Å². The first-order valence-corrected chi connectivity index (χ1v) is 7.79. The topological polar surface area (TPSA) is 3.24 Å². The average Bonchev–Trinajstić information content (AvgIpc) is 2.58. The van der Waals surface area contributed by atoms with Crippen molar-refractivity contribution in [2.75, 3.05) is 13.1 Å². The number of hydrogen-bond acceptors (Lipinski definition) is 1. The molecule has 3 heteroatoms. The van der Waals surface area contributed by atoms with Crippen LogP contribution < -0.4 is 0 Å². The van der Waals surface area contributed by atoms with Crippen LogP contribution in [0.1, 0.15) is 17.5 Å². The fourth-order valence-corrected chi connectivity index (χ4v) is 2.68. The summed E-state index contributed by atoms with van der Waals surface area (Å²) in [4.78, 5) is 2.39. The largest absolute Gasteiger partial charge is 0.295 e. The van der Waals surface area contributed by atoms with Crippen LogP contribution in [-0.2, 0) is 6.54 Å². The Kier molecular flexibility index (Phi) is 4.99. The Labute approximate surface area is 135 Å². The van der Waals surface area contributed by atoms with Crippen molar-refractivity contribution in [2.24, 2.45) is 0 Å².